The molecule has 0 saturated heterocycles. The van der Waals surface area contributed by atoms with E-state index in [1.54, 1.807) is 6.07 Å². The highest BCUT2D eigenvalue weighted by Gasteiger charge is 2.28. The van der Waals surface area contributed by atoms with Crippen molar-refractivity contribution >= 4 is 5.69 Å². The maximum absolute atomic E-state index is 12.9. The van der Waals surface area contributed by atoms with Gasteiger partial charge in [0.25, 0.3) is 0 Å². The Kier molecular flexibility index (Phi) is 2.59. The largest absolute Gasteiger partial charge is 0.381 e. The number of hydrogen-bond acceptors (Lipinski definition) is 2. The zero-order valence-electron chi connectivity index (χ0n) is 8.63. The van der Waals surface area contributed by atoms with Gasteiger partial charge in [-0.05, 0) is 43.9 Å². The topological polar surface area (TPSA) is 35.8 Å². The second-order valence-electron chi connectivity index (χ2n) is 4.07. The average Bonchev–Trinajstić information content (AvgIpc) is 3.04. The predicted molar refractivity (Wildman–Crippen MR) is 56.9 cm³/mol. The average molecular weight is 204 g/mol. The number of nitriles is 1. The molecule has 2 nitrogen and oxygen atoms in total. The van der Waals surface area contributed by atoms with E-state index in [9.17, 15) is 4.39 Å². The summed E-state index contributed by atoms with van der Waals surface area (Å²) in [6, 6.07) is 6.64. The van der Waals surface area contributed by atoms with Gasteiger partial charge in [-0.1, -0.05) is 0 Å². The lowest BCUT2D eigenvalue weighted by atomic mass is 10.1. The maximum Gasteiger partial charge on any atom is 0.124 e. The molecular formula is C12H13FN2. The molecule has 1 atom stereocenters. The van der Waals surface area contributed by atoms with Crippen LogP contribution in [0.4, 0.5) is 10.1 Å². The van der Waals surface area contributed by atoms with Crippen LogP contribution in [0.1, 0.15) is 25.3 Å². The minimum atomic E-state index is -0.365. The Bertz CT molecular complexity index is 405. The first kappa shape index (κ1) is 9.97. The highest BCUT2D eigenvalue weighted by molar-refractivity contribution is 5.58. The van der Waals surface area contributed by atoms with Crippen molar-refractivity contribution < 1.29 is 4.39 Å². The third-order valence-corrected chi connectivity index (χ3v) is 2.81. The van der Waals surface area contributed by atoms with Crippen LogP contribution in [0.2, 0.25) is 0 Å². The van der Waals surface area contributed by atoms with E-state index >= 15 is 0 Å². The summed E-state index contributed by atoms with van der Waals surface area (Å²) in [6.07, 6.45) is 2.49. The van der Waals surface area contributed by atoms with Gasteiger partial charge in [0.05, 0.1) is 11.3 Å². The number of benzene rings is 1. The summed E-state index contributed by atoms with van der Waals surface area (Å²) in [5.41, 5.74) is 1.11. The molecule has 0 amide bonds. The van der Waals surface area contributed by atoms with Crippen molar-refractivity contribution in [3.63, 3.8) is 0 Å². The van der Waals surface area contributed by atoms with Crippen molar-refractivity contribution in [1.29, 1.82) is 5.26 Å². The van der Waals surface area contributed by atoms with Gasteiger partial charge in [-0.15, -0.1) is 0 Å². The highest BCUT2D eigenvalue weighted by Crippen LogP contribution is 2.34. The Morgan fingerprint density at radius 3 is 2.87 bits per heavy atom. The molecule has 0 spiro atoms. The Morgan fingerprint density at radius 1 is 1.53 bits per heavy atom. The smallest absolute Gasteiger partial charge is 0.124 e. The molecule has 1 N–H and O–H groups in total. The van der Waals surface area contributed by atoms with Crippen LogP contribution in [0.25, 0.3) is 0 Å². The predicted octanol–water partition coefficient (Wildman–Crippen LogP) is 2.91. The molecule has 1 aliphatic carbocycles. The van der Waals surface area contributed by atoms with E-state index in [1.807, 2.05) is 6.07 Å². The van der Waals surface area contributed by atoms with Crippen LogP contribution in [-0.4, -0.2) is 6.04 Å². The molecule has 1 saturated carbocycles. The van der Waals surface area contributed by atoms with E-state index in [-0.39, 0.29) is 5.82 Å². The number of anilines is 1. The number of nitrogens with zero attached hydrogens (tertiary/aromatic N) is 1. The Balaban J connectivity index is 2.16. The van der Waals surface area contributed by atoms with Crippen molar-refractivity contribution in [2.24, 2.45) is 5.92 Å². The van der Waals surface area contributed by atoms with Crippen LogP contribution in [0.3, 0.4) is 0 Å². The van der Waals surface area contributed by atoms with Crippen LogP contribution < -0.4 is 5.32 Å². The van der Waals surface area contributed by atoms with Crippen LogP contribution in [0, 0.1) is 23.1 Å². The van der Waals surface area contributed by atoms with Gasteiger partial charge in [0.2, 0.25) is 0 Å². The van der Waals surface area contributed by atoms with E-state index in [0.29, 0.717) is 17.5 Å². The molecular weight excluding hydrogens is 191 g/mol. The lowest BCUT2D eigenvalue weighted by molar-refractivity contribution is 0.627. The zero-order chi connectivity index (χ0) is 10.8. The standard InChI is InChI=1S/C12H13FN2/c1-8(9-2-3-9)15-12-5-4-11(13)6-10(12)7-14/h4-6,8-9,15H,2-3H2,1H3/t8-/m0/s1. The van der Waals surface area contributed by atoms with Gasteiger partial charge in [0, 0.05) is 6.04 Å². The molecule has 0 bridgehead atoms. The first-order valence-electron chi connectivity index (χ1n) is 5.17. The zero-order valence-corrected chi connectivity index (χ0v) is 8.63. The molecule has 1 fully saturated rings. The van der Waals surface area contributed by atoms with Crippen LogP contribution in [-0.2, 0) is 0 Å². The Labute approximate surface area is 88.7 Å². The fourth-order valence-corrected chi connectivity index (χ4v) is 1.69. The molecule has 1 aromatic carbocycles. The molecule has 2 rings (SSSR count). The maximum atomic E-state index is 12.9. The molecule has 0 radical (unpaired) electrons. The fourth-order valence-electron chi connectivity index (χ4n) is 1.69. The third-order valence-electron chi connectivity index (χ3n) is 2.81. The molecule has 1 aromatic rings. The van der Waals surface area contributed by atoms with Gasteiger partial charge in [-0.25, -0.2) is 4.39 Å². The lowest BCUT2D eigenvalue weighted by Gasteiger charge is -2.15. The van der Waals surface area contributed by atoms with Gasteiger partial charge in [0.15, 0.2) is 0 Å². The van der Waals surface area contributed by atoms with E-state index < -0.39 is 0 Å². The number of halogens is 1. The third kappa shape index (κ3) is 2.27. The van der Waals surface area contributed by atoms with Gasteiger partial charge in [0.1, 0.15) is 11.9 Å². The minimum Gasteiger partial charge on any atom is -0.381 e. The van der Waals surface area contributed by atoms with Crippen molar-refractivity contribution in [2.75, 3.05) is 5.32 Å². The second kappa shape index (κ2) is 3.90. The molecule has 0 aromatic heterocycles. The molecule has 78 valence electrons. The van der Waals surface area contributed by atoms with E-state index in [2.05, 4.69) is 12.2 Å². The summed E-state index contributed by atoms with van der Waals surface area (Å²) in [7, 11) is 0. The van der Waals surface area contributed by atoms with Crippen LogP contribution in [0.15, 0.2) is 18.2 Å². The first-order chi connectivity index (χ1) is 7.20. The molecule has 0 unspecified atom stereocenters. The molecule has 1 aliphatic rings. The summed E-state index contributed by atoms with van der Waals surface area (Å²) in [6.45, 7) is 2.10. The van der Waals surface area contributed by atoms with Crippen LogP contribution in [0.5, 0.6) is 0 Å². The summed E-state index contributed by atoms with van der Waals surface area (Å²) < 4.78 is 12.9. The summed E-state index contributed by atoms with van der Waals surface area (Å²) in [5.74, 6) is 0.345. The van der Waals surface area contributed by atoms with Crippen LogP contribution >= 0.6 is 0 Å². The van der Waals surface area contributed by atoms with Crippen molar-refractivity contribution in [3.05, 3.63) is 29.6 Å². The first-order valence-corrected chi connectivity index (χ1v) is 5.17. The van der Waals surface area contributed by atoms with Crippen molar-refractivity contribution in [3.8, 4) is 6.07 Å². The summed E-state index contributed by atoms with van der Waals surface area (Å²) in [5, 5.41) is 12.1. The number of nitrogens with one attached hydrogen (secondary N) is 1. The van der Waals surface area contributed by atoms with E-state index in [0.717, 1.165) is 5.69 Å². The molecule has 0 heterocycles. The number of hydrogen-bond donors (Lipinski definition) is 1. The van der Waals surface area contributed by atoms with Gasteiger partial charge < -0.3 is 5.32 Å². The summed E-state index contributed by atoms with van der Waals surface area (Å²) >= 11 is 0. The van der Waals surface area contributed by atoms with E-state index in [1.165, 1.54) is 25.0 Å². The summed E-state index contributed by atoms with van der Waals surface area (Å²) in [4.78, 5) is 0. The molecule has 3 heteroatoms. The normalized spacial score (nSPS) is 16.9. The molecule has 15 heavy (non-hydrogen) atoms. The van der Waals surface area contributed by atoms with Gasteiger partial charge >= 0.3 is 0 Å². The quantitative estimate of drug-likeness (QED) is 0.821. The molecule has 0 aliphatic heterocycles. The Morgan fingerprint density at radius 2 is 2.27 bits per heavy atom. The second-order valence-corrected chi connectivity index (χ2v) is 4.07. The van der Waals surface area contributed by atoms with Crippen molar-refractivity contribution in [2.45, 2.75) is 25.8 Å². The Hall–Kier alpha value is -1.56. The monoisotopic (exact) mass is 204 g/mol. The SMILES string of the molecule is C[C@H](Nc1ccc(F)cc1C#N)C1CC1. The van der Waals surface area contributed by atoms with Crippen molar-refractivity contribution in [1.82, 2.24) is 0 Å². The minimum absolute atomic E-state index is 0.363. The lowest BCUT2D eigenvalue weighted by Crippen LogP contribution is -2.17. The highest BCUT2D eigenvalue weighted by atomic mass is 19.1. The van der Waals surface area contributed by atoms with Gasteiger partial charge in [-0.2, -0.15) is 5.26 Å². The fraction of sp³-hybridized carbons (Fsp3) is 0.417. The van der Waals surface area contributed by atoms with Gasteiger partial charge in [-0.3, -0.25) is 0 Å². The van der Waals surface area contributed by atoms with E-state index in [4.69, 9.17) is 5.26 Å². The number of rotatable bonds is 3.